The van der Waals surface area contributed by atoms with E-state index in [-0.39, 0.29) is 29.1 Å². The summed E-state index contributed by atoms with van der Waals surface area (Å²) >= 11 is 0. The summed E-state index contributed by atoms with van der Waals surface area (Å²) in [5.41, 5.74) is 0.359. The van der Waals surface area contributed by atoms with E-state index in [1.165, 1.54) is 35.5 Å². The second-order valence-corrected chi connectivity index (χ2v) is 6.95. The Balaban J connectivity index is 1.40. The summed E-state index contributed by atoms with van der Waals surface area (Å²) in [6.07, 6.45) is 7.21. The molecular formula is C20H19N5O5. The standard InChI is InChI=1S/C20H19N5O5/c26-19(14-3-4-16(17(12-14)25(28)29)24-10-7-21-13-24)22-15-5-8-23(9-6-15)20(27)18-2-1-11-30-18/h1-4,7,10-13,15H,5-6,8-9H2,(H,22,26). The lowest BCUT2D eigenvalue weighted by atomic mass is 10.0. The van der Waals surface area contributed by atoms with Crippen LogP contribution in [0, 0.1) is 10.1 Å². The molecule has 30 heavy (non-hydrogen) atoms. The van der Waals surface area contributed by atoms with E-state index in [1.807, 2.05) is 0 Å². The van der Waals surface area contributed by atoms with Crippen molar-refractivity contribution < 1.29 is 18.9 Å². The highest BCUT2D eigenvalue weighted by molar-refractivity contribution is 5.95. The summed E-state index contributed by atoms with van der Waals surface area (Å²) in [5.74, 6) is -0.260. The van der Waals surface area contributed by atoms with Gasteiger partial charge in [-0.3, -0.25) is 19.7 Å². The Morgan fingerprint density at radius 3 is 2.67 bits per heavy atom. The minimum Gasteiger partial charge on any atom is -0.459 e. The first-order valence-corrected chi connectivity index (χ1v) is 9.43. The normalized spacial score (nSPS) is 14.5. The minimum absolute atomic E-state index is 0.120. The van der Waals surface area contributed by atoms with Crippen LogP contribution in [0.15, 0.2) is 59.7 Å². The van der Waals surface area contributed by atoms with Gasteiger partial charge in [-0.1, -0.05) is 0 Å². The van der Waals surface area contributed by atoms with E-state index < -0.39 is 4.92 Å². The SMILES string of the molecule is O=C(NC1CCN(C(=O)c2ccco2)CC1)c1ccc(-n2ccnc2)c([N+](=O)[O-])c1. The van der Waals surface area contributed by atoms with Gasteiger partial charge in [-0.25, -0.2) is 4.98 Å². The van der Waals surface area contributed by atoms with Gasteiger partial charge in [-0.15, -0.1) is 0 Å². The predicted molar refractivity (Wildman–Crippen MR) is 105 cm³/mol. The maximum absolute atomic E-state index is 12.6. The molecule has 1 saturated heterocycles. The molecule has 0 bridgehead atoms. The van der Waals surface area contributed by atoms with Crippen LogP contribution in [0.3, 0.4) is 0 Å². The topological polar surface area (TPSA) is 124 Å². The largest absolute Gasteiger partial charge is 0.459 e. The maximum Gasteiger partial charge on any atom is 0.294 e. The molecule has 1 aliphatic heterocycles. The molecule has 3 heterocycles. The number of nitrogens with one attached hydrogen (secondary N) is 1. The Morgan fingerprint density at radius 1 is 1.23 bits per heavy atom. The number of carbonyl (C=O) groups is 2. The van der Waals surface area contributed by atoms with Gasteiger partial charge in [-0.2, -0.15) is 0 Å². The van der Waals surface area contributed by atoms with Gasteiger partial charge in [0.2, 0.25) is 0 Å². The van der Waals surface area contributed by atoms with Gasteiger partial charge >= 0.3 is 0 Å². The molecule has 3 aromatic rings. The molecule has 4 rings (SSSR count). The summed E-state index contributed by atoms with van der Waals surface area (Å²) in [6, 6.07) is 7.51. The number of nitrogens with zero attached hydrogens (tertiary/aromatic N) is 4. The van der Waals surface area contributed by atoms with E-state index >= 15 is 0 Å². The summed E-state index contributed by atoms with van der Waals surface area (Å²) < 4.78 is 6.66. The van der Waals surface area contributed by atoms with Crippen molar-refractivity contribution in [3.8, 4) is 5.69 Å². The molecule has 10 nitrogen and oxygen atoms in total. The van der Waals surface area contributed by atoms with E-state index in [2.05, 4.69) is 10.3 Å². The average Bonchev–Trinajstić information content (AvgIpc) is 3.47. The number of imidazole rings is 1. The molecule has 0 saturated carbocycles. The monoisotopic (exact) mass is 409 g/mol. The maximum atomic E-state index is 12.6. The van der Waals surface area contributed by atoms with Crippen LogP contribution in [0.2, 0.25) is 0 Å². The van der Waals surface area contributed by atoms with Crippen molar-refractivity contribution in [1.29, 1.82) is 0 Å². The number of furan rings is 1. The lowest BCUT2D eigenvalue weighted by molar-refractivity contribution is -0.384. The van der Waals surface area contributed by atoms with E-state index in [1.54, 1.807) is 29.3 Å². The fraction of sp³-hybridized carbons (Fsp3) is 0.250. The molecule has 1 fully saturated rings. The first-order valence-electron chi connectivity index (χ1n) is 9.43. The van der Waals surface area contributed by atoms with Gasteiger partial charge in [0.15, 0.2) is 5.76 Å². The number of rotatable bonds is 5. The zero-order valence-electron chi connectivity index (χ0n) is 15.9. The van der Waals surface area contributed by atoms with Gasteiger partial charge in [0.25, 0.3) is 17.5 Å². The number of nitro benzene ring substituents is 1. The van der Waals surface area contributed by atoms with Crippen LogP contribution in [-0.4, -0.2) is 50.3 Å². The molecule has 0 spiro atoms. The number of nitro groups is 1. The molecule has 0 aliphatic carbocycles. The number of amides is 2. The summed E-state index contributed by atoms with van der Waals surface area (Å²) in [6.45, 7) is 0.981. The number of hydrogen-bond acceptors (Lipinski definition) is 6. The first-order chi connectivity index (χ1) is 14.5. The fourth-order valence-electron chi connectivity index (χ4n) is 3.48. The highest BCUT2D eigenvalue weighted by Gasteiger charge is 2.27. The van der Waals surface area contributed by atoms with Crippen LogP contribution in [0.1, 0.15) is 33.8 Å². The molecule has 154 valence electrons. The van der Waals surface area contributed by atoms with Crippen molar-refractivity contribution in [3.05, 3.63) is 76.8 Å². The second kappa shape index (κ2) is 8.19. The number of benzene rings is 1. The zero-order valence-corrected chi connectivity index (χ0v) is 15.9. The average molecular weight is 409 g/mol. The summed E-state index contributed by atoms with van der Waals surface area (Å²) in [5, 5.41) is 14.4. The molecule has 10 heteroatoms. The third kappa shape index (κ3) is 3.93. The van der Waals surface area contributed by atoms with E-state index in [0.717, 1.165) is 0 Å². The van der Waals surface area contributed by atoms with Gasteiger partial charge in [0, 0.05) is 43.2 Å². The molecule has 0 atom stereocenters. The Kier molecular flexibility index (Phi) is 5.29. The highest BCUT2D eigenvalue weighted by Crippen LogP contribution is 2.24. The second-order valence-electron chi connectivity index (χ2n) is 6.95. The third-order valence-corrected chi connectivity index (χ3v) is 5.07. The van der Waals surface area contributed by atoms with Crippen LogP contribution in [0.5, 0.6) is 0 Å². The fourth-order valence-corrected chi connectivity index (χ4v) is 3.48. The lowest BCUT2D eigenvalue weighted by Crippen LogP contribution is -2.46. The van der Waals surface area contributed by atoms with Crippen LogP contribution in [-0.2, 0) is 0 Å². The molecule has 2 amide bonds. The quantitative estimate of drug-likeness (QED) is 0.510. The van der Waals surface area contributed by atoms with Crippen molar-refractivity contribution in [1.82, 2.24) is 19.8 Å². The smallest absolute Gasteiger partial charge is 0.294 e. The van der Waals surface area contributed by atoms with Gasteiger partial charge in [0.1, 0.15) is 5.69 Å². The van der Waals surface area contributed by atoms with Crippen molar-refractivity contribution in [2.45, 2.75) is 18.9 Å². The number of carbonyl (C=O) groups excluding carboxylic acids is 2. The van der Waals surface area contributed by atoms with Crippen molar-refractivity contribution in [2.75, 3.05) is 13.1 Å². The molecule has 1 aliphatic rings. The molecule has 0 radical (unpaired) electrons. The van der Waals surface area contributed by atoms with Gasteiger partial charge in [0.05, 0.1) is 17.5 Å². The van der Waals surface area contributed by atoms with Crippen LogP contribution in [0.25, 0.3) is 5.69 Å². The Morgan fingerprint density at radius 2 is 2.03 bits per heavy atom. The lowest BCUT2D eigenvalue weighted by Gasteiger charge is -2.31. The predicted octanol–water partition coefficient (Wildman–Crippen LogP) is 2.41. The van der Waals surface area contributed by atoms with E-state index in [4.69, 9.17) is 4.42 Å². The van der Waals surface area contributed by atoms with Crippen molar-refractivity contribution in [3.63, 3.8) is 0 Å². The molecular weight excluding hydrogens is 390 g/mol. The van der Waals surface area contributed by atoms with Crippen LogP contribution in [0.4, 0.5) is 5.69 Å². The zero-order chi connectivity index (χ0) is 21.1. The Bertz CT molecular complexity index is 1050. The van der Waals surface area contributed by atoms with Gasteiger partial charge < -0.3 is 19.2 Å². The van der Waals surface area contributed by atoms with Crippen LogP contribution >= 0.6 is 0 Å². The summed E-state index contributed by atoms with van der Waals surface area (Å²) in [4.78, 5) is 41.5. The third-order valence-electron chi connectivity index (χ3n) is 5.07. The molecule has 0 unspecified atom stereocenters. The first kappa shape index (κ1) is 19.4. The Hall–Kier alpha value is -3.95. The van der Waals surface area contributed by atoms with E-state index in [9.17, 15) is 19.7 Å². The number of aromatic nitrogens is 2. The molecule has 2 aromatic heterocycles. The number of hydrogen-bond donors (Lipinski definition) is 1. The van der Waals surface area contributed by atoms with Gasteiger partial charge in [-0.05, 0) is 37.1 Å². The van der Waals surface area contributed by atoms with E-state index in [0.29, 0.717) is 37.4 Å². The number of likely N-dealkylation sites (tertiary alicyclic amines) is 1. The Labute approximate surface area is 171 Å². The molecule has 1 N–H and O–H groups in total. The number of piperidine rings is 1. The van der Waals surface area contributed by atoms with Crippen molar-refractivity contribution in [2.24, 2.45) is 0 Å². The minimum atomic E-state index is -0.523. The van der Waals surface area contributed by atoms with Crippen LogP contribution < -0.4 is 5.32 Å². The van der Waals surface area contributed by atoms with Crippen molar-refractivity contribution >= 4 is 17.5 Å². The summed E-state index contributed by atoms with van der Waals surface area (Å²) in [7, 11) is 0. The molecule has 1 aromatic carbocycles. The highest BCUT2D eigenvalue weighted by atomic mass is 16.6.